The molecule has 1 aliphatic rings. The second-order valence-electron chi connectivity index (χ2n) is 5.49. The molecule has 0 spiro atoms. The molecule has 0 aliphatic carbocycles. The van der Waals surface area contributed by atoms with Crippen LogP contribution in [0.15, 0.2) is 24.5 Å². The fraction of sp³-hybridized carbons (Fsp3) is 0.625. The number of hydrogen-bond acceptors (Lipinski definition) is 3. The summed E-state index contributed by atoms with van der Waals surface area (Å²) >= 11 is 0. The minimum absolute atomic E-state index is 0.273. The van der Waals surface area contributed by atoms with Gasteiger partial charge in [-0.05, 0) is 56.8 Å². The van der Waals surface area contributed by atoms with E-state index in [1.807, 2.05) is 23.2 Å². The Morgan fingerprint density at radius 1 is 1.45 bits per heavy atom. The van der Waals surface area contributed by atoms with Crippen LogP contribution in [0.3, 0.4) is 0 Å². The van der Waals surface area contributed by atoms with Gasteiger partial charge in [-0.1, -0.05) is 6.07 Å². The Morgan fingerprint density at radius 2 is 2.25 bits per heavy atom. The van der Waals surface area contributed by atoms with E-state index in [1.165, 1.54) is 12.8 Å². The normalized spacial score (nSPS) is 16.1. The van der Waals surface area contributed by atoms with Gasteiger partial charge in [-0.15, -0.1) is 0 Å². The van der Waals surface area contributed by atoms with E-state index in [4.69, 9.17) is 0 Å². The molecule has 0 bridgehead atoms. The lowest BCUT2D eigenvalue weighted by Crippen LogP contribution is -2.39. The fourth-order valence-electron chi connectivity index (χ4n) is 2.74. The molecule has 1 saturated heterocycles. The van der Waals surface area contributed by atoms with Gasteiger partial charge in [-0.25, -0.2) is 0 Å². The van der Waals surface area contributed by atoms with E-state index in [2.05, 4.69) is 17.2 Å². The third kappa shape index (κ3) is 4.60. The minimum atomic E-state index is 0.273. The average Bonchev–Trinajstić information content (AvgIpc) is 2.52. The third-order valence-corrected chi connectivity index (χ3v) is 4.02. The van der Waals surface area contributed by atoms with Crippen LogP contribution in [-0.4, -0.2) is 42.0 Å². The molecule has 0 aromatic carbocycles. The topological polar surface area (TPSA) is 45.2 Å². The first-order chi connectivity index (χ1) is 9.79. The fourth-order valence-corrected chi connectivity index (χ4v) is 2.74. The van der Waals surface area contributed by atoms with Crippen molar-refractivity contribution in [2.24, 2.45) is 5.92 Å². The maximum absolute atomic E-state index is 12.3. The van der Waals surface area contributed by atoms with Gasteiger partial charge in [0, 0.05) is 31.9 Å². The zero-order valence-corrected chi connectivity index (χ0v) is 12.3. The molecule has 1 amide bonds. The first-order valence-corrected chi connectivity index (χ1v) is 7.67. The highest BCUT2D eigenvalue weighted by Crippen LogP contribution is 2.14. The predicted octanol–water partition coefficient (Wildman–Crippen LogP) is 1.86. The van der Waals surface area contributed by atoms with Gasteiger partial charge in [0.25, 0.3) is 0 Å². The van der Waals surface area contributed by atoms with Crippen LogP contribution in [0, 0.1) is 5.92 Å². The van der Waals surface area contributed by atoms with E-state index in [9.17, 15) is 4.79 Å². The molecule has 1 aromatic rings. The number of aryl methyl sites for hydroxylation is 1. The van der Waals surface area contributed by atoms with Crippen LogP contribution < -0.4 is 5.32 Å². The van der Waals surface area contributed by atoms with Gasteiger partial charge < -0.3 is 10.2 Å². The summed E-state index contributed by atoms with van der Waals surface area (Å²) < 4.78 is 0. The van der Waals surface area contributed by atoms with Crippen molar-refractivity contribution in [2.75, 3.05) is 26.2 Å². The Hall–Kier alpha value is -1.42. The molecular weight excluding hydrogens is 250 g/mol. The maximum atomic E-state index is 12.3. The Kier molecular flexibility index (Phi) is 5.99. The monoisotopic (exact) mass is 275 g/mol. The van der Waals surface area contributed by atoms with Gasteiger partial charge in [-0.3, -0.25) is 9.78 Å². The van der Waals surface area contributed by atoms with Gasteiger partial charge in [0.1, 0.15) is 0 Å². The summed E-state index contributed by atoms with van der Waals surface area (Å²) in [5.74, 6) is 0.938. The Bertz CT molecular complexity index is 401. The summed E-state index contributed by atoms with van der Waals surface area (Å²) in [6, 6.07) is 3.95. The number of nitrogens with one attached hydrogen (secondary N) is 1. The number of piperidine rings is 1. The van der Waals surface area contributed by atoms with E-state index in [0.29, 0.717) is 12.3 Å². The Labute approximate surface area is 121 Å². The van der Waals surface area contributed by atoms with Crippen LogP contribution in [0.4, 0.5) is 0 Å². The number of amides is 1. The lowest BCUT2D eigenvalue weighted by Gasteiger charge is -2.29. The van der Waals surface area contributed by atoms with Crippen LogP contribution in [0.25, 0.3) is 0 Å². The lowest BCUT2D eigenvalue weighted by atomic mass is 9.97. The van der Waals surface area contributed by atoms with E-state index in [0.717, 1.165) is 38.2 Å². The summed E-state index contributed by atoms with van der Waals surface area (Å²) in [6.45, 7) is 5.99. The summed E-state index contributed by atoms with van der Waals surface area (Å²) in [7, 11) is 0. The van der Waals surface area contributed by atoms with E-state index in [-0.39, 0.29) is 5.91 Å². The van der Waals surface area contributed by atoms with Gasteiger partial charge in [0.05, 0.1) is 0 Å². The minimum Gasteiger partial charge on any atom is -0.343 e. The number of carbonyl (C=O) groups excluding carboxylic acids is 1. The molecule has 4 heteroatoms. The highest BCUT2D eigenvalue weighted by Gasteiger charge is 2.19. The van der Waals surface area contributed by atoms with Gasteiger partial charge in [-0.2, -0.15) is 0 Å². The molecule has 1 aliphatic heterocycles. The molecule has 2 rings (SSSR count). The van der Waals surface area contributed by atoms with E-state index in [1.54, 1.807) is 6.20 Å². The van der Waals surface area contributed by atoms with Gasteiger partial charge in [0.15, 0.2) is 0 Å². The van der Waals surface area contributed by atoms with E-state index >= 15 is 0 Å². The van der Waals surface area contributed by atoms with Crippen molar-refractivity contribution in [1.82, 2.24) is 15.2 Å². The summed E-state index contributed by atoms with van der Waals surface area (Å²) in [5.41, 5.74) is 1.14. The van der Waals surface area contributed by atoms with Crippen molar-refractivity contribution >= 4 is 5.91 Å². The second kappa shape index (κ2) is 8.00. The third-order valence-electron chi connectivity index (χ3n) is 4.02. The van der Waals surface area contributed by atoms with E-state index < -0.39 is 0 Å². The highest BCUT2D eigenvalue weighted by molar-refractivity contribution is 5.76. The van der Waals surface area contributed by atoms with Crippen LogP contribution in [0.2, 0.25) is 0 Å². The first-order valence-electron chi connectivity index (χ1n) is 7.67. The number of hydrogen-bond donors (Lipinski definition) is 1. The van der Waals surface area contributed by atoms with Crippen LogP contribution in [0.1, 0.15) is 31.7 Å². The molecular formula is C16H25N3O. The molecule has 0 unspecified atom stereocenters. The molecule has 110 valence electrons. The van der Waals surface area contributed by atoms with Crippen molar-refractivity contribution < 1.29 is 4.79 Å². The number of carbonyl (C=O) groups is 1. The number of aromatic nitrogens is 1. The number of rotatable bonds is 6. The van der Waals surface area contributed by atoms with Crippen LogP contribution in [-0.2, 0) is 11.2 Å². The first kappa shape index (κ1) is 15.0. The molecule has 1 aromatic heterocycles. The molecule has 4 nitrogen and oxygen atoms in total. The largest absolute Gasteiger partial charge is 0.343 e. The molecule has 1 N–H and O–H groups in total. The number of nitrogens with zero attached hydrogens (tertiary/aromatic N) is 2. The highest BCUT2D eigenvalue weighted by atomic mass is 16.2. The van der Waals surface area contributed by atoms with Gasteiger partial charge >= 0.3 is 0 Å². The average molecular weight is 275 g/mol. The molecule has 20 heavy (non-hydrogen) atoms. The summed E-state index contributed by atoms with van der Waals surface area (Å²) in [6.07, 6.45) is 7.36. The summed E-state index contributed by atoms with van der Waals surface area (Å²) in [4.78, 5) is 18.4. The van der Waals surface area contributed by atoms with Crippen molar-refractivity contribution in [3.8, 4) is 0 Å². The van der Waals surface area contributed by atoms with Crippen LogP contribution >= 0.6 is 0 Å². The van der Waals surface area contributed by atoms with Crippen molar-refractivity contribution in [3.63, 3.8) is 0 Å². The smallest absolute Gasteiger partial charge is 0.222 e. The molecule has 0 radical (unpaired) electrons. The van der Waals surface area contributed by atoms with Crippen molar-refractivity contribution in [1.29, 1.82) is 0 Å². The zero-order chi connectivity index (χ0) is 14.2. The SMILES string of the molecule is CCN(CC1CCNCC1)C(=O)CCc1cccnc1. The van der Waals surface area contributed by atoms with Gasteiger partial charge in [0.2, 0.25) is 5.91 Å². The number of pyridine rings is 1. The quantitative estimate of drug-likeness (QED) is 0.862. The van der Waals surface area contributed by atoms with Crippen molar-refractivity contribution in [3.05, 3.63) is 30.1 Å². The molecule has 0 saturated carbocycles. The zero-order valence-electron chi connectivity index (χ0n) is 12.3. The van der Waals surface area contributed by atoms with Crippen LogP contribution in [0.5, 0.6) is 0 Å². The summed E-state index contributed by atoms with van der Waals surface area (Å²) in [5, 5.41) is 3.37. The Balaban J connectivity index is 1.79. The second-order valence-corrected chi connectivity index (χ2v) is 5.49. The lowest BCUT2D eigenvalue weighted by molar-refractivity contribution is -0.131. The molecule has 0 atom stereocenters. The molecule has 2 heterocycles. The Morgan fingerprint density at radius 3 is 2.90 bits per heavy atom. The van der Waals surface area contributed by atoms with Crippen molar-refractivity contribution in [2.45, 2.75) is 32.6 Å². The maximum Gasteiger partial charge on any atom is 0.222 e. The molecule has 1 fully saturated rings. The standard InChI is InChI=1S/C16H25N3O/c1-2-19(13-15-7-10-17-11-8-15)16(20)6-5-14-4-3-9-18-12-14/h3-4,9,12,15,17H,2,5-8,10-11,13H2,1H3. The predicted molar refractivity (Wildman–Crippen MR) is 80.4 cm³/mol.